The summed E-state index contributed by atoms with van der Waals surface area (Å²) < 4.78 is 7.04. The third-order valence-corrected chi connectivity index (χ3v) is 13.5. The molecule has 37 heavy (non-hydrogen) atoms. The van der Waals surface area contributed by atoms with Gasteiger partial charge in [0.25, 0.3) is 8.32 Å². The van der Waals surface area contributed by atoms with Crippen molar-refractivity contribution in [2.45, 2.75) is 82.5 Å². The zero-order chi connectivity index (χ0) is 25.8. The Balaban J connectivity index is 1.26. The zero-order valence-corrected chi connectivity index (χ0v) is 23.7. The van der Waals surface area contributed by atoms with Crippen molar-refractivity contribution in [1.29, 1.82) is 0 Å². The maximum atomic E-state index is 7.04. The van der Waals surface area contributed by atoms with Gasteiger partial charge < -0.3 is 4.43 Å². The molecule has 0 radical (unpaired) electrons. The smallest absolute Gasteiger partial charge is 0.261 e. The van der Waals surface area contributed by atoms with Crippen LogP contribution in [0.2, 0.25) is 5.04 Å². The number of nitrogens with zero attached hydrogens (tertiary/aromatic N) is 1. The van der Waals surface area contributed by atoms with E-state index in [0.717, 1.165) is 26.0 Å². The second-order valence-corrected chi connectivity index (χ2v) is 16.1. The van der Waals surface area contributed by atoms with E-state index in [0.29, 0.717) is 11.6 Å². The van der Waals surface area contributed by atoms with Crippen molar-refractivity contribution in [1.82, 2.24) is 4.90 Å². The van der Waals surface area contributed by atoms with E-state index in [1.54, 1.807) is 0 Å². The van der Waals surface area contributed by atoms with Gasteiger partial charge in [0.15, 0.2) is 0 Å². The van der Waals surface area contributed by atoms with Crippen LogP contribution in [0.3, 0.4) is 0 Å². The van der Waals surface area contributed by atoms with Crippen molar-refractivity contribution in [2.75, 3.05) is 6.61 Å². The van der Waals surface area contributed by atoms with Crippen LogP contribution < -0.4 is 10.4 Å². The molecule has 2 fully saturated rings. The lowest BCUT2D eigenvalue weighted by Gasteiger charge is -2.43. The van der Waals surface area contributed by atoms with Gasteiger partial charge in [0.1, 0.15) is 0 Å². The Morgan fingerprint density at radius 2 is 1.38 bits per heavy atom. The van der Waals surface area contributed by atoms with Crippen LogP contribution in [0.4, 0.5) is 0 Å². The van der Waals surface area contributed by atoms with Crippen molar-refractivity contribution >= 4 is 18.7 Å². The van der Waals surface area contributed by atoms with E-state index in [1.807, 2.05) is 0 Å². The molecule has 192 valence electrons. The third-order valence-electron chi connectivity index (χ3n) is 8.41. The lowest BCUT2D eigenvalue weighted by Crippen LogP contribution is -2.66. The second kappa shape index (κ2) is 11.0. The van der Waals surface area contributed by atoms with Gasteiger partial charge in [0.05, 0.1) is 6.04 Å². The molecule has 0 aromatic heterocycles. The molecule has 1 saturated heterocycles. The Labute approximate surface area is 225 Å². The molecule has 2 unspecified atom stereocenters. The maximum absolute atomic E-state index is 7.04. The first-order valence-electron chi connectivity index (χ1n) is 14.0. The Morgan fingerprint density at radius 3 is 1.92 bits per heavy atom. The monoisotopic (exact) mass is 507 g/mol. The summed E-state index contributed by atoms with van der Waals surface area (Å²) in [5.41, 5.74) is 1.74. The fourth-order valence-electron chi connectivity index (χ4n) is 6.54. The maximum Gasteiger partial charge on any atom is 0.261 e. The Kier molecular flexibility index (Phi) is 7.72. The van der Waals surface area contributed by atoms with Crippen molar-refractivity contribution in [3.8, 4) is 11.8 Å². The molecule has 3 heteroatoms. The summed E-state index contributed by atoms with van der Waals surface area (Å²) in [7, 11) is -2.46. The van der Waals surface area contributed by atoms with E-state index in [1.165, 1.54) is 41.6 Å². The van der Waals surface area contributed by atoms with Crippen molar-refractivity contribution in [3.05, 3.63) is 96.6 Å². The molecule has 1 spiro atoms. The first-order chi connectivity index (χ1) is 18.0. The van der Waals surface area contributed by atoms with Gasteiger partial charge in [-0.15, -0.1) is 5.92 Å². The van der Waals surface area contributed by atoms with E-state index in [-0.39, 0.29) is 5.04 Å². The van der Waals surface area contributed by atoms with E-state index in [4.69, 9.17) is 4.43 Å². The Hall–Kier alpha value is -2.64. The Bertz CT molecular complexity index is 1160. The summed E-state index contributed by atoms with van der Waals surface area (Å²) in [5.74, 6) is 7.25. The van der Waals surface area contributed by atoms with E-state index < -0.39 is 8.32 Å². The van der Waals surface area contributed by atoms with Crippen LogP contribution in [0.15, 0.2) is 91.0 Å². The average molecular weight is 508 g/mol. The predicted octanol–water partition coefficient (Wildman–Crippen LogP) is 6.54. The van der Waals surface area contributed by atoms with Gasteiger partial charge in [-0.3, -0.25) is 4.90 Å². The molecule has 2 aliphatic rings. The van der Waals surface area contributed by atoms with Gasteiger partial charge in [-0.05, 0) is 40.2 Å². The molecule has 2 nitrogen and oxygen atoms in total. The van der Waals surface area contributed by atoms with Crippen molar-refractivity contribution in [2.24, 2.45) is 0 Å². The quantitative estimate of drug-likeness (QED) is 0.148. The summed E-state index contributed by atoms with van der Waals surface area (Å²) in [6.45, 7) is 8.79. The predicted molar refractivity (Wildman–Crippen MR) is 158 cm³/mol. The molecule has 1 aliphatic carbocycles. The van der Waals surface area contributed by atoms with Crippen LogP contribution in [0, 0.1) is 11.8 Å². The number of benzene rings is 3. The first-order valence-corrected chi connectivity index (χ1v) is 15.9. The van der Waals surface area contributed by atoms with Crippen molar-refractivity contribution in [3.63, 3.8) is 0 Å². The molecular weight excluding hydrogens is 466 g/mol. The highest BCUT2D eigenvalue weighted by atomic mass is 28.4. The molecule has 0 bridgehead atoms. The Morgan fingerprint density at radius 1 is 0.838 bits per heavy atom. The highest BCUT2D eigenvalue weighted by molar-refractivity contribution is 6.99. The van der Waals surface area contributed by atoms with Crippen LogP contribution in [-0.4, -0.2) is 31.4 Å². The third kappa shape index (κ3) is 5.21. The average Bonchev–Trinajstić information content (AvgIpc) is 3.23. The second-order valence-electron chi connectivity index (χ2n) is 11.8. The largest absolute Gasteiger partial charge is 0.407 e. The molecular formula is C34H41NOSi. The lowest BCUT2D eigenvalue weighted by atomic mass is 10.0. The van der Waals surface area contributed by atoms with Gasteiger partial charge in [-0.2, -0.15) is 0 Å². The fourth-order valence-corrected chi connectivity index (χ4v) is 11.1. The number of rotatable bonds is 8. The summed E-state index contributed by atoms with van der Waals surface area (Å²) in [6, 6.07) is 33.2. The normalized spacial score (nSPS) is 20.4. The molecule has 0 amide bonds. The van der Waals surface area contributed by atoms with E-state index >= 15 is 0 Å². The van der Waals surface area contributed by atoms with Crippen LogP contribution in [0.1, 0.15) is 64.9 Å². The molecule has 3 aromatic carbocycles. The lowest BCUT2D eigenvalue weighted by molar-refractivity contribution is 0.293. The minimum Gasteiger partial charge on any atom is -0.407 e. The number of hydrogen-bond acceptors (Lipinski definition) is 2. The van der Waals surface area contributed by atoms with Crippen LogP contribution >= 0.6 is 0 Å². The summed E-state index contributed by atoms with van der Waals surface area (Å²) in [6.07, 6.45) is 7.15. The zero-order valence-electron chi connectivity index (χ0n) is 22.7. The van der Waals surface area contributed by atoms with Crippen LogP contribution in [0.5, 0.6) is 0 Å². The minimum absolute atomic E-state index is 0.0161. The minimum atomic E-state index is -2.46. The topological polar surface area (TPSA) is 12.2 Å². The number of hydrogen-bond donors (Lipinski definition) is 0. The fraction of sp³-hybridized carbons (Fsp3) is 0.412. The van der Waals surface area contributed by atoms with Gasteiger partial charge in [0, 0.05) is 25.1 Å². The van der Waals surface area contributed by atoms with Crippen LogP contribution in [0.25, 0.3) is 0 Å². The van der Waals surface area contributed by atoms with Gasteiger partial charge >= 0.3 is 0 Å². The van der Waals surface area contributed by atoms with E-state index in [2.05, 4.69) is 129 Å². The van der Waals surface area contributed by atoms with Crippen molar-refractivity contribution < 1.29 is 4.43 Å². The molecule has 1 aliphatic heterocycles. The van der Waals surface area contributed by atoms with Gasteiger partial charge in [0.2, 0.25) is 0 Å². The standard InChI is InChI=1S/C34H41NOSi/c1-33(2,3)37(30-20-10-5-11-21-30,31-22-12-6-13-23-31)36-27-17-7-14-24-32-34(25-15-16-26-34)35(32)28-29-18-8-4-9-19-29/h4-6,8-13,18-23,32H,7,15-17,25-28H2,1-3H3. The van der Waals surface area contributed by atoms with Gasteiger partial charge in [-0.25, -0.2) is 0 Å². The summed E-state index contributed by atoms with van der Waals surface area (Å²) >= 11 is 0. The number of unbranched alkanes of at least 4 members (excludes halogenated alkanes) is 1. The summed E-state index contributed by atoms with van der Waals surface area (Å²) in [5, 5.41) is 2.71. The molecule has 1 saturated carbocycles. The van der Waals surface area contributed by atoms with Gasteiger partial charge in [-0.1, -0.05) is 131 Å². The SMILES string of the molecule is CC(C)(C)[Si](OCCCC#CC1N(Cc2ccccc2)C12CCCC2)(c1ccccc1)c1ccccc1. The van der Waals surface area contributed by atoms with E-state index in [9.17, 15) is 0 Å². The van der Waals surface area contributed by atoms with Crippen LogP contribution in [-0.2, 0) is 11.0 Å². The molecule has 1 heterocycles. The highest BCUT2D eigenvalue weighted by Crippen LogP contribution is 2.53. The molecule has 3 aromatic rings. The molecule has 5 rings (SSSR count). The first kappa shape index (κ1) is 26.0. The molecule has 0 N–H and O–H groups in total. The summed E-state index contributed by atoms with van der Waals surface area (Å²) in [4.78, 5) is 2.65. The molecule has 2 atom stereocenters. The highest BCUT2D eigenvalue weighted by Gasteiger charge is 2.62.